The van der Waals surface area contributed by atoms with Crippen LogP contribution in [0.15, 0.2) is 23.2 Å². The molecule has 0 aliphatic heterocycles. The fraction of sp³-hybridized carbons (Fsp3) is 0.583. The quantitative estimate of drug-likeness (QED) is 0.868. The lowest BCUT2D eigenvalue weighted by molar-refractivity contribution is 0.357. The van der Waals surface area contributed by atoms with Crippen LogP contribution in [-0.4, -0.2) is 19.9 Å². The van der Waals surface area contributed by atoms with Crippen molar-refractivity contribution in [2.75, 3.05) is 12.3 Å². The van der Waals surface area contributed by atoms with E-state index in [4.69, 9.17) is 5.73 Å². The maximum Gasteiger partial charge on any atom is 0.244 e. The Bertz CT molecular complexity index is 496. The summed E-state index contributed by atoms with van der Waals surface area (Å²) in [5, 5.41) is 0. The van der Waals surface area contributed by atoms with Crippen molar-refractivity contribution in [3.05, 3.63) is 18.3 Å². The first-order chi connectivity index (χ1) is 8.59. The van der Waals surface area contributed by atoms with Crippen molar-refractivity contribution < 1.29 is 8.42 Å². The van der Waals surface area contributed by atoms with Crippen molar-refractivity contribution in [1.29, 1.82) is 0 Å². The molecule has 1 fully saturated rings. The number of anilines is 1. The van der Waals surface area contributed by atoms with Gasteiger partial charge in [-0.3, -0.25) is 0 Å². The Morgan fingerprint density at radius 2 is 2.06 bits per heavy atom. The smallest absolute Gasteiger partial charge is 0.244 e. The predicted octanol–water partition coefficient (Wildman–Crippen LogP) is 1.52. The summed E-state index contributed by atoms with van der Waals surface area (Å²) in [7, 11) is -3.53. The summed E-state index contributed by atoms with van der Waals surface area (Å²) in [6.07, 6.45) is 7.34. The van der Waals surface area contributed by atoms with Crippen LogP contribution in [0.5, 0.6) is 0 Å². The van der Waals surface area contributed by atoms with E-state index in [1.54, 1.807) is 6.07 Å². The maximum atomic E-state index is 12.1. The Kier molecular flexibility index (Phi) is 4.19. The first-order valence-electron chi connectivity index (χ1n) is 6.30. The molecule has 0 amide bonds. The molecular weight excluding hydrogens is 250 g/mol. The average Bonchev–Trinajstić information content (AvgIpc) is 2.38. The largest absolute Gasteiger partial charge is 0.383 e. The molecule has 0 spiro atoms. The third-order valence-electron chi connectivity index (χ3n) is 3.38. The predicted molar refractivity (Wildman–Crippen MR) is 70.4 cm³/mol. The second-order valence-corrected chi connectivity index (χ2v) is 6.48. The van der Waals surface area contributed by atoms with Crippen molar-refractivity contribution in [3.8, 4) is 0 Å². The summed E-state index contributed by atoms with van der Waals surface area (Å²) in [4.78, 5) is 3.87. The highest BCUT2D eigenvalue weighted by Gasteiger charge is 2.20. The van der Waals surface area contributed by atoms with E-state index >= 15 is 0 Å². The van der Waals surface area contributed by atoms with Gasteiger partial charge >= 0.3 is 0 Å². The Morgan fingerprint density at radius 3 is 2.72 bits per heavy atom. The van der Waals surface area contributed by atoms with Crippen LogP contribution in [0.3, 0.4) is 0 Å². The van der Waals surface area contributed by atoms with Crippen LogP contribution in [0.25, 0.3) is 0 Å². The standard InChI is InChI=1S/C12H19N3O2S/c13-12-11(7-4-8-14-12)18(16,17)15-9-10-5-2-1-3-6-10/h4,7-8,10,15H,1-3,5-6,9H2,(H2,13,14). The van der Waals surface area contributed by atoms with Crippen molar-refractivity contribution in [3.63, 3.8) is 0 Å². The molecule has 6 heteroatoms. The molecule has 0 saturated heterocycles. The van der Waals surface area contributed by atoms with Crippen LogP contribution in [0, 0.1) is 5.92 Å². The molecule has 1 aliphatic rings. The van der Waals surface area contributed by atoms with E-state index in [2.05, 4.69) is 9.71 Å². The number of rotatable bonds is 4. The minimum atomic E-state index is -3.53. The zero-order valence-corrected chi connectivity index (χ0v) is 11.1. The fourth-order valence-electron chi connectivity index (χ4n) is 2.33. The number of sulfonamides is 1. The summed E-state index contributed by atoms with van der Waals surface area (Å²) < 4.78 is 26.8. The van der Waals surface area contributed by atoms with Gasteiger partial charge in [-0.1, -0.05) is 19.3 Å². The molecule has 100 valence electrons. The van der Waals surface area contributed by atoms with E-state index in [1.165, 1.54) is 31.5 Å². The summed E-state index contributed by atoms with van der Waals surface area (Å²) in [5.74, 6) is 0.500. The van der Waals surface area contributed by atoms with Crippen molar-refractivity contribution in [2.24, 2.45) is 5.92 Å². The van der Waals surface area contributed by atoms with E-state index in [-0.39, 0.29) is 10.7 Å². The lowest BCUT2D eigenvalue weighted by atomic mass is 9.90. The molecule has 3 N–H and O–H groups in total. The second-order valence-electron chi connectivity index (χ2n) is 4.74. The summed E-state index contributed by atoms with van der Waals surface area (Å²) in [6.45, 7) is 0.497. The van der Waals surface area contributed by atoms with Crippen molar-refractivity contribution in [2.45, 2.75) is 37.0 Å². The number of nitrogens with zero attached hydrogens (tertiary/aromatic N) is 1. The van der Waals surface area contributed by atoms with Gasteiger partial charge in [0.1, 0.15) is 10.7 Å². The Morgan fingerprint density at radius 1 is 1.33 bits per heavy atom. The summed E-state index contributed by atoms with van der Waals surface area (Å²) >= 11 is 0. The summed E-state index contributed by atoms with van der Waals surface area (Å²) in [6, 6.07) is 3.05. The van der Waals surface area contributed by atoms with E-state index in [0.717, 1.165) is 12.8 Å². The number of nitrogens with two attached hydrogens (primary N) is 1. The van der Waals surface area contributed by atoms with Gasteiger partial charge in [0.05, 0.1) is 0 Å². The van der Waals surface area contributed by atoms with E-state index in [9.17, 15) is 8.42 Å². The average molecular weight is 269 g/mol. The van der Waals surface area contributed by atoms with E-state index in [0.29, 0.717) is 12.5 Å². The molecule has 1 saturated carbocycles. The highest BCUT2D eigenvalue weighted by Crippen LogP contribution is 2.23. The van der Waals surface area contributed by atoms with Crippen LogP contribution in [-0.2, 0) is 10.0 Å². The van der Waals surface area contributed by atoms with Gasteiger partial charge < -0.3 is 5.73 Å². The highest BCUT2D eigenvalue weighted by molar-refractivity contribution is 7.89. The molecule has 1 aromatic rings. The minimum absolute atomic E-state index is 0.0497. The SMILES string of the molecule is Nc1ncccc1S(=O)(=O)NCC1CCCCC1. The molecule has 0 unspecified atom stereocenters. The van der Waals surface area contributed by atoms with Gasteiger partial charge in [0.25, 0.3) is 0 Å². The maximum absolute atomic E-state index is 12.1. The molecular formula is C12H19N3O2S. The number of hydrogen-bond donors (Lipinski definition) is 2. The van der Waals surface area contributed by atoms with Gasteiger partial charge in [-0.05, 0) is 30.9 Å². The van der Waals surface area contributed by atoms with E-state index < -0.39 is 10.0 Å². The molecule has 2 rings (SSSR count). The first-order valence-corrected chi connectivity index (χ1v) is 7.78. The highest BCUT2D eigenvalue weighted by atomic mass is 32.2. The van der Waals surface area contributed by atoms with Gasteiger partial charge in [0.2, 0.25) is 10.0 Å². The zero-order chi connectivity index (χ0) is 13.0. The van der Waals surface area contributed by atoms with Crippen LogP contribution in [0.4, 0.5) is 5.82 Å². The molecule has 18 heavy (non-hydrogen) atoms. The monoisotopic (exact) mass is 269 g/mol. The number of hydrogen-bond acceptors (Lipinski definition) is 4. The molecule has 0 aromatic carbocycles. The van der Waals surface area contributed by atoms with Gasteiger partial charge in [0.15, 0.2) is 0 Å². The molecule has 0 radical (unpaired) electrons. The lowest BCUT2D eigenvalue weighted by Gasteiger charge is -2.21. The third-order valence-corrected chi connectivity index (χ3v) is 4.85. The summed E-state index contributed by atoms with van der Waals surface area (Å²) in [5.41, 5.74) is 5.59. The lowest BCUT2D eigenvalue weighted by Crippen LogP contribution is -2.31. The molecule has 1 aliphatic carbocycles. The Labute approximate surface area is 108 Å². The van der Waals surface area contributed by atoms with Gasteiger partial charge in [-0.15, -0.1) is 0 Å². The fourth-order valence-corrected chi connectivity index (χ4v) is 3.52. The Balaban J connectivity index is 2.01. The topological polar surface area (TPSA) is 85.1 Å². The zero-order valence-electron chi connectivity index (χ0n) is 10.3. The number of aromatic nitrogens is 1. The van der Waals surface area contributed by atoms with Gasteiger partial charge in [-0.25, -0.2) is 18.1 Å². The van der Waals surface area contributed by atoms with Gasteiger partial charge in [-0.2, -0.15) is 0 Å². The van der Waals surface area contributed by atoms with Crippen LogP contribution in [0.1, 0.15) is 32.1 Å². The molecule has 0 atom stereocenters. The van der Waals surface area contributed by atoms with Crippen molar-refractivity contribution >= 4 is 15.8 Å². The van der Waals surface area contributed by atoms with Crippen LogP contribution in [0.2, 0.25) is 0 Å². The van der Waals surface area contributed by atoms with Crippen LogP contribution >= 0.6 is 0 Å². The van der Waals surface area contributed by atoms with Crippen LogP contribution < -0.4 is 10.5 Å². The van der Waals surface area contributed by atoms with Crippen molar-refractivity contribution in [1.82, 2.24) is 9.71 Å². The molecule has 5 nitrogen and oxygen atoms in total. The van der Waals surface area contributed by atoms with Gasteiger partial charge in [0, 0.05) is 12.7 Å². The molecule has 1 heterocycles. The molecule has 1 aromatic heterocycles. The molecule has 0 bridgehead atoms. The third kappa shape index (κ3) is 3.20. The second kappa shape index (κ2) is 5.67. The number of pyridine rings is 1. The Hall–Kier alpha value is -1.14. The number of nitrogens with one attached hydrogen (secondary N) is 1. The normalized spacial score (nSPS) is 17.8. The van der Waals surface area contributed by atoms with E-state index in [1.807, 2.05) is 0 Å². The first kappa shape index (κ1) is 13.3. The minimum Gasteiger partial charge on any atom is -0.383 e. The number of nitrogen functional groups attached to an aromatic ring is 1.